The lowest BCUT2D eigenvalue weighted by molar-refractivity contribution is 0.0683. The number of carbonyl (C=O) groups excluding carboxylic acids is 1. The molecule has 19 heavy (non-hydrogen) atoms. The molecule has 1 amide bonds. The largest absolute Gasteiger partial charge is 0.338 e. The van der Waals surface area contributed by atoms with Gasteiger partial charge in [-0.2, -0.15) is 0 Å². The Bertz CT molecular complexity index is 480. The lowest BCUT2D eigenvalue weighted by Crippen LogP contribution is -2.39. The Hall–Kier alpha value is -1.31. The fourth-order valence-corrected chi connectivity index (χ4v) is 3.42. The van der Waals surface area contributed by atoms with Crippen molar-refractivity contribution >= 4 is 5.91 Å². The van der Waals surface area contributed by atoms with E-state index in [0.717, 1.165) is 31.5 Å². The number of hydrogen-bond acceptors (Lipinski definition) is 1. The van der Waals surface area contributed by atoms with Gasteiger partial charge in [0.25, 0.3) is 5.91 Å². The van der Waals surface area contributed by atoms with Crippen LogP contribution in [0.25, 0.3) is 0 Å². The van der Waals surface area contributed by atoms with Gasteiger partial charge in [-0.15, -0.1) is 0 Å². The fourth-order valence-electron chi connectivity index (χ4n) is 3.42. The van der Waals surface area contributed by atoms with E-state index in [-0.39, 0.29) is 5.91 Å². The molecule has 1 saturated heterocycles. The highest BCUT2D eigenvalue weighted by molar-refractivity contribution is 5.94. The molecule has 0 saturated carbocycles. The van der Waals surface area contributed by atoms with Crippen LogP contribution >= 0.6 is 0 Å². The number of nitrogens with zero attached hydrogens (tertiary/aromatic N) is 1. The highest BCUT2D eigenvalue weighted by atomic mass is 16.2. The van der Waals surface area contributed by atoms with E-state index >= 15 is 0 Å². The van der Waals surface area contributed by atoms with E-state index in [1.54, 1.807) is 0 Å². The molecule has 1 aromatic rings. The molecule has 0 bridgehead atoms. The molecular formula is C17H23NO. The maximum Gasteiger partial charge on any atom is 0.253 e. The number of fused-ring (bicyclic) bond motifs is 1. The van der Waals surface area contributed by atoms with Crippen LogP contribution in [0.1, 0.15) is 54.1 Å². The minimum atomic E-state index is 0.236. The summed E-state index contributed by atoms with van der Waals surface area (Å²) in [4.78, 5) is 14.6. The molecule has 2 nitrogen and oxygen atoms in total. The topological polar surface area (TPSA) is 20.3 Å². The van der Waals surface area contributed by atoms with Gasteiger partial charge in [0, 0.05) is 18.7 Å². The summed E-state index contributed by atoms with van der Waals surface area (Å²) in [5.74, 6) is 0.884. The minimum Gasteiger partial charge on any atom is -0.338 e. The molecule has 1 heterocycles. The van der Waals surface area contributed by atoms with Gasteiger partial charge in [-0.25, -0.2) is 0 Å². The predicted octanol–water partition coefficient (Wildman–Crippen LogP) is 3.44. The maximum atomic E-state index is 12.6. The van der Waals surface area contributed by atoms with Crippen molar-refractivity contribution in [1.82, 2.24) is 4.90 Å². The van der Waals surface area contributed by atoms with Crippen molar-refractivity contribution < 1.29 is 4.79 Å². The lowest BCUT2D eigenvalue weighted by atomic mass is 9.90. The summed E-state index contributed by atoms with van der Waals surface area (Å²) in [5, 5.41) is 0. The third kappa shape index (κ3) is 2.68. The number of likely N-dealkylation sites (tertiary alicyclic amines) is 1. The zero-order valence-corrected chi connectivity index (χ0v) is 11.8. The van der Waals surface area contributed by atoms with Gasteiger partial charge in [0.15, 0.2) is 0 Å². The summed E-state index contributed by atoms with van der Waals surface area (Å²) in [5.41, 5.74) is 3.76. The Morgan fingerprint density at radius 3 is 2.74 bits per heavy atom. The average Bonchev–Trinajstić information content (AvgIpc) is 2.46. The SMILES string of the molecule is C[C@@H]1CCCN(C(=O)c2ccc3c(c2)CCCC3)C1. The number of aryl methyl sites for hydroxylation is 2. The van der Waals surface area contributed by atoms with Crippen LogP contribution in [0, 0.1) is 5.92 Å². The first-order valence-electron chi connectivity index (χ1n) is 7.65. The molecular weight excluding hydrogens is 234 g/mol. The first kappa shape index (κ1) is 12.7. The normalized spacial score (nSPS) is 23.0. The van der Waals surface area contributed by atoms with Crippen molar-refractivity contribution in [1.29, 1.82) is 0 Å². The van der Waals surface area contributed by atoms with Gasteiger partial charge in [0.2, 0.25) is 0 Å². The van der Waals surface area contributed by atoms with E-state index in [9.17, 15) is 4.79 Å². The van der Waals surface area contributed by atoms with Crippen molar-refractivity contribution in [3.63, 3.8) is 0 Å². The number of carbonyl (C=O) groups is 1. The van der Waals surface area contributed by atoms with Crippen LogP contribution in [0.4, 0.5) is 0 Å². The first-order valence-corrected chi connectivity index (χ1v) is 7.65. The zero-order chi connectivity index (χ0) is 13.2. The van der Waals surface area contributed by atoms with Crippen LogP contribution in [0.2, 0.25) is 0 Å². The summed E-state index contributed by atoms with van der Waals surface area (Å²) < 4.78 is 0. The van der Waals surface area contributed by atoms with Gasteiger partial charge in [0.05, 0.1) is 0 Å². The summed E-state index contributed by atoms with van der Waals surface area (Å²) in [6, 6.07) is 6.36. The van der Waals surface area contributed by atoms with Crippen LogP contribution < -0.4 is 0 Å². The molecule has 1 aliphatic heterocycles. The van der Waals surface area contributed by atoms with Gasteiger partial charge in [0.1, 0.15) is 0 Å². The van der Waals surface area contributed by atoms with Crippen LogP contribution in [0.15, 0.2) is 18.2 Å². The Labute approximate surface area is 115 Å². The lowest BCUT2D eigenvalue weighted by Gasteiger charge is -2.31. The number of amides is 1. The van der Waals surface area contributed by atoms with Gasteiger partial charge in [-0.05, 0) is 67.7 Å². The van der Waals surface area contributed by atoms with Gasteiger partial charge < -0.3 is 4.90 Å². The third-order valence-corrected chi connectivity index (χ3v) is 4.54. The molecule has 0 aromatic heterocycles. The molecule has 2 aliphatic rings. The van der Waals surface area contributed by atoms with Crippen LogP contribution in [-0.2, 0) is 12.8 Å². The van der Waals surface area contributed by atoms with Crippen molar-refractivity contribution in [3.8, 4) is 0 Å². The average molecular weight is 257 g/mol. The van der Waals surface area contributed by atoms with Gasteiger partial charge in [-0.3, -0.25) is 4.79 Å². The molecule has 0 spiro atoms. The monoisotopic (exact) mass is 257 g/mol. The highest BCUT2D eigenvalue weighted by Crippen LogP contribution is 2.24. The van der Waals surface area contributed by atoms with E-state index in [0.29, 0.717) is 5.92 Å². The van der Waals surface area contributed by atoms with Crippen molar-refractivity contribution in [2.24, 2.45) is 5.92 Å². The van der Waals surface area contributed by atoms with Crippen LogP contribution in [-0.4, -0.2) is 23.9 Å². The fraction of sp³-hybridized carbons (Fsp3) is 0.588. The number of piperidine rings is 1. The molecule has 3 rings (SSSR count). The van der Waals surface area contributed by atoms with Gasteiger partial charge in [-0.1, -0.05) is 13.0 Å². The van der Waals surface area contributed by atoms with E-state index < -0.39 is 0 Å². The summed E-state index contributed by atoms with van der Waals surface area (Å²) in [7, 11) is 0. The highest BCUT2D eigenvalue weighted by Gasteiger charge is 2.22. The molecule has 1 atom stereocenters. The molecule has 1 aliphatic carbocycles. The summed E-state index contributed by atoms with van der Waals surface area (Å²) >= 11 is 0. The predicted molar refractivity (Wildman–Crippen MR) is 77.4 cm³/mol. The Morgan fingerprint density at radius 2 is 1.95 bits per heavy atom. The molecule has 0 radical (unpaired) electrons. The van der Waals surface area contributed by atoms with Gasteiger partial charge >= 0.3 is 0 Å². The zero-order valence-electron chi connectivity index (χ0n) is 11.8. The van der Waals surface area contributed by atoms with E-state index in [2.05, 4.69) is 19.1 Å². The number of benzene rings is 1. The number of hydrogen-bond donors (Lipinski definition) is 0. The molecule has 1 aromatic carbocycles. The molecule has 1 fully saturated rings. The first-order chi connectivity index (χ1) is 9.24. The quantitative estimate of drug-likeness (QED) is 0.754. The maximum absolute atomic E-state index is 12.6. The second-order valence-corrected chi connectivity index (χ2v) is 6.19. The van der Waals surface area contributed by atoms with E-state index in [1.807, 2.05) is 11.0 Å². The van der Waals surface area contributed by atoms with Crippen molar-refractivity contribution in [3.05, 3.63) is 34.9 Å². The molecule has 0 N–H and O–H groups in total. The Kier molecular flexibility index (Phi) is 3.58. The van der Waals surface area contributed by atoms with E-state index in [4.69, 9.17) is 0 Å². The molecule has 102 valence electrons. The summed E-state index contributed by atoms with van der Waals surface area (Å²) in [6.45, 7) is 4.10. The molecule has 0 unspecified atom stereocenters. The second kappa shape index (κ2) is 5.36. The standard InChI is InChI=1S/C17H23NO/c1-13-5-4-10-18(12-13)17(19)16-9-8-14-6-2-3-7-15(14)11-16/h8-9,11,13H,2-7,10,12H2,1H3/t13-/m1/s1. The molecule has 2 heteroatoms. The summed E-state index contributed by atoms with van der Waals surface area (Å²) in [6.07, 6.45) is 7.30. The number of rotatable bonds is 1. The van der Waals surface area contributed by atoms with Crippen molar-refractivity contribution in [2.45, 2.75) is 45.4 Å². The van der Waals surface area contributed by atoms with Crippen molar-refractivity contribution in [2.75, 3.05) is 13.1 Å². The Morgan fingerprint density at radius 1 is 1.16 bits per heavy atom. The van der Waals surface area contributed by atoms with E-state index in [1.165, 1.54) is 36.8 Å². The second-order valence-electron chi connectivity index (χ2n) is 6.19. The minimum absolute atomic E-state index is 0.236. The smallest absolute Gasteiger partial charge is 0.253 e. The third-order valence-electron chi connectivity index (χ3n) is 4.54. The van der Waals surface area contributed by atoms with Crippen LogP contribution in [0.3, 0.4) is 0 Å². The Balaban J connectivity index is 1.79. The van der Waals surface area contributed by atoms with Crippen LogP contribution in [0.5, 0.6) is 0 Å².